The van der Waals surface area contributed by atoms with Gasteiger partial charge < -0.3 is 5.32 Å². The van der Waals surface area contributed by atoms with Gasteiger partial charge in [-0.05, 0) is 24.7 Å². The molecule has 2 aliphatic rings. The first-order valence-corrected chi connectivity index (χ1v) is 6.39. The van der Waals surface area contributed by atoms with Gasteiger partial charge >= 0.3 is 0 Å². The third kappa shape index (κ3) is 1.58. The van der Waals surface area contributed by atoms with Crippen molar-refractivity contribution in [3.05, 3.63) is 0 Å². The summed E-state index contributed by atoms with van der Waals surface area (Å²) in [4.78, 5) is 11.6. The topological polar surface area (TPSA) is 29.1 Å². The minimum atomic E-state index is 0.280. The van der Waals surface area contributed by atoms with Crippen molar-refractivity contribution in [1.82, 2.24) is 5.32 Å². The number of hydrogen-bond acceptors (Lipinski definition) is 1. The zero-order valence-corrected chi connectivity index (χ0v) is 10.2. The van der Waals surface area contributed by atoms with E-state index >= 15 is 0 Å². The highest BCUT2D eigenvalue weighted by atomic mass is 16.2. The summed E-state index contributed by atoms with van der Waals surface area (Å²) in [5.74, 6) is 1.75. The van der Waals surface area contributed by atoms with Crippen LogP contribution in [-0.4, -0.2) is 11.9 Å². The zero-order valence-electron chi connectivity index (χ0n) is 10.2. The summed E-state index contributed by atoms with van der Waals surface area (Å²) in [6, 6.07) is 0.433. The van der Waals surface area contributed by atoms with Gasteiger partial charge in [0.05, 0.1) is 0 Å². The van der Waals surface area contributed by atoms with E-state index in [1.54, 1.807) is 0 Å². The number of amides is 1. The largest absolute Gasteiger partial charge is 0.353 e. The summed E-state index contributed by atoms with van der Waals surface area (Å²) in [5, 5.41) is 3.18. The van der Waals surface area contributed by atoms with Crippen LogP contribution in [-0.2, 0) is 4.79 Å². The normalized spacial score (nSPS) is 45.8. The van der Waals surface area contributed by atoms with Crippen molar-refractivity contribution in [2.45, 2.75) is 58.9 Å². The first kappa shape index (κ1) is 11.0. The van der Waals surface area contributed by atoms with Crippen LogP contribution in [0.25, 0.3) is 0 Å². The molecule has 4 unspecified atom stereocenters. The molecule has 0 bridgehead atoms. The quantitative estimate of drug-likeness (QED) is 0.707. The second-order valence-corrected chi connectivity index (χ2v) is 5.60. The monoisotopic (exact) mass is 209 g/mol. The zero-order chi connectivity index (χ0) is 11.1. The maximum absolute atomic E-state index is 11.6. The van der Waals surface area contributed by atoms with E-state index in [2.05, 4.69) is 26.1 Å². The van der Waals surface area contributed by atoms with E-state index in [9.17, 15) is 4.79 Å². The molecule has 4 atom stereocenters. The molecule has 0 radical (unpaired) electrons. The van der Waals surface area contributed by atoms with Gasteiger partial charge in [-0.3, -0.25) is 4.79 Å². The van der Waals surface area contributed by atoms with E-state index in [1.807, 2.05) is 0 Å². The first-order chi connectivity index (χ1) is 7.10. The van der Waals surface area contributed by atoms with Crippen molar-refractivity contribution in [2.24, 2.45) is 17.3 Å². The fourth-order valence-electron chi connectivity index (χ4n) is 3.86. The highest BCUT2D eigenvalue weighted by Gasteiger charge is 2.51. The van der Waals surface area contributed by atoms with E-state index in [1.165, 1.54) is 19.3 Å². The maximum Gasteiger partial charge on any atom is 0.220 e. The van der Waals surface area contributed by atoms with Gasteiger partial charge in [-0.15, -0.1) is 0 Å². The Balaban J connectivity index is 2.26. The van der Waals surface area contributed by atoms with Crippen molar-refractivity contribution >= 4 is 5.91 Å². The van der Waals surface area contributed by atoms with E-state index in [0.29, 0.717) is 12.0 Å². The molecule has 2 nitrogen and oxygen atoms in total. The summed E-state index contributed by atoms with van der Waals surface area (Å²) < 4.78 is 0. The van der Waals surface area contributed by atoms with E-state index in [0.717, 1.165) is 18.8 Å². The number of carbonyl (C=O) groups is 1. The van der Waals surface area contributed by atoms with Gasteiger partial charge in [0.15, 0.2) is 0 Å². The van der Waals surface area contributed by atoms with Crippen LogP contribution in [0, 0.1) is 17.3 Å². The first-order valence-electron chi connectivity index (χ1n) is 6.39. The van der Waals surface area contributed by atoms with Crippen LogP contribution in [0.4, 0.5) is 0 Å². The molecule has 1 N–H and O–H groups in total. The molecule has 0 aromatic carbocycles. The molecule has 2 heteroatoms. The molecule has 0 aromatic heterocycles. The van der Waals surface area contributed by atoms with Gasteiger partial charge in [-0.25, -0.2) is 0 Å². The van der Waals surface area contributed by atoms with Crippen LogP contribution in [0.5, 0.6) is 0 Å². The molecule has 1 heterocycles. The van der Waals surface area contributed by atoms with Crippen molar-refractivity contribution < 1.29 is 4.79 Å². The molecular weight excluding hydrogens is 186 g/mol. The van der Waals surface area contributed by atoms with Crippen LogP contribution >= 0.6 is 0 Å². The molecule has 86 valence electrons. The summed E-state index contributed by atoms with van der Waals surface area (Å²) in [5.41, 5.74) is 0.281. The summed E-state index contributed by atoms with van der Waals surface area (Å²) in [7, 11) is 0. The Kier molecular flexibility index (Phi) is 2.78. The molecule has 1 aliphatic carbocycles. The minimum Gasteiger partial charge on any atom is -0.353 e. The molecule has 15 heavy (non-hydrogen) atoms. The minimum absolute atomic E-state index is 0.280. The lowest BCUT2D eigenvalue weighted by molar-refractivity contribution is -0.120. The van der Waals surface area contributed by atoms with Crippen LogP contribution in [0.1, 0.15) is 52.9 Å². The molecule has 1 aliphatic heterocycles. The van der Waals surface area contributed by atoms with Crippen molar-refractivity contribution in [1.29, 1.82) is 0 Å². The second kappa shape index (κ2) is 3.80. The van der Waals surface area contributed by atoms with Gasteiger partial charge in [0.1, 0.15) is 0 Å². The van der Waals surface area contributed by atoms with Crippen molar-refractivity contribution in [2.75, 3.05) is 0 Å². The lowest BCUT2D eigenvalue weighted by atomic mass is 9.59. The molecular formula is C13H23NO. The van der Waals surface area contributed by atoms with E-state index < -0.39 is 0 Å². The van der Waals surface area contributed by atoms with Crippen LogP contribution in [0.3, 0.4) is 0 Å². The van der Waals surface area contributed by atoms with Crippen LogP contribution in [0.2, 0.25) is 0 Å². The predicted octanol–water partition coefficient (Wildman–Crippen LogP) is 2.73. The smallest absolute Gasteiger partial charge is 0.220 e. The Bertz CT molecular complexity index is 263. The molecule has 1 saturated carbocycles. The van der Waals surface area contributed by atoms with Crippen molar-refractivity contribution in [3.8, 4) is 0 Å². The SMILES string of the molecule is CCC1NC(=O)CC12CCCC(C)C2C. The second-order valence-electron chi connectivity index (χ2n) is 5.60. The summed E-state index contributed by atoms with van der Waals surface area (Å²) in [6.45, 7) is 6.90. The highest BCUT2D eigenvalue weighted by molar-refractivity contribution is 5.80. The molecule has 2 fully saturated rings. The Labute approximate surface area is 92.8 Å². The van der Waals surface area contributed by atoms with Gasteiger partial charge in [-0.2, -0.15) is 0 Å². The number of carbonyl (C=O) groups excluding carboxylic acids is 1. The Morgan fingerprint density at radius 2 is 2.20 bits per heavy atom. The lowest BCUT2D eigenvalue weighted by Gasteiger charge is -2.46. The Hall–Kier alpha value is -0.530. The lowest BCUT2D eigenvalue weighted by Crippen LogP contribution is -2.45. The number of nitrogens with one attached hydrogen (secondary N) is 1. The third-order valence-corrected chi connectivity index (χ3v) is 4.99. The van der Waals surface area contributed by atoms with Gasteiger partial charge in [0.25, 0.3) is 0 Å². The van der Waals surface area contributed by atoms with E-state index in [4.69, 9.17) is 0 Å². The molecule has 1 spiro atoms. The van der Waals surface area contributed by atoms with E-state index in [-0.39, 0.29) is 11.3 Å². The number of hydrogen-bond donors (Lipinski definition) is 1. The van der Waals surface area contributed by atoms with Gasteiger partial charge in [0, 0.05) is 17.9 Å². The molecule has 0 aromatic rings. The Morgan fingerprint density at radius 3 is 2.87 bits per heavy atom. The number of rotatable bonds is 1. The molecule has 1 amide bonds. The summed E-state index contributed by atoms with van der Waals surface area (Å²) >= 11 is 0. The molecule has 1 saturated heterocycles. The van der Waals surface area contributed by atoms with Gasteiger partial charge in [-0.1, -0.05) is 33.6 Å². The maximum atomic E-state index is 11.6. The fraction of sp³-hybridized carbons (Fsp3) is 0.923. The average Bonchev–Trinajstić information content (AvgIpc) is 2.52. The van der Waals surface area contributed by atoms with Crippen LogP contribution in [0.15, 0.2) is 0 Å². The summed E-state index contributed by atoms with van der Waals surface area (Å²) in [6.07, 6.45) is 5.75. The Morgan fingerprint density at radius 1 is 1.47 bits per heavy atom. The fourth-order valence-corrected chi connectivity index (χ4v) is 3.86. The molecule has 2 rings (SSSR count). The average molecular weight is 209 g/mol. The highest BCUT2D eigenvalue weighted by Crippen LogP contribution is 2.51. The van der Waals surface area contributed by atoms with Crippen molar-refractivity contribution in [3.63, 3.8) is 0 Å². The van der Waals surface area contributed by atoms with Gasteiger partial charge in [0.2, 0.25) is 5.91 Å². The standard InChI is InChI=1S/C13H23NO/c1-4-11-13(8-12(15)14-11)7-5-6-9(2)10(13)3/h9-11H,4-8H2,1-3H3,(H,14,15). The third-order valence-electron chi connectivity index (χ3n) is 4.99. The predicted molar refractivity (Wildman–Crippen MR) is 61.5 cm³/mol. The van der Waals surface area contributed by atoms with Crippen LogP contribution < -0.4 is 5.32 Å².